The minimum Gasteiger partial charge on any atom is -0.451 e. The lowest BCUT2D eigenvalue weighted by Crippen LogP contribution is -2.55. The smallest absolute Gasteiger partial charge is 0.422 e. The van der Waals surface area contributed by atoms with E-state index in [1.165, 1.54) is 0 Å². The van der Waals surface area contributed by atoms with E-state index >= 15 is 0 Å². The Hall–Kier alpha value is -3.93. The Labute approximate surface area is 192 Å². The average molecular weight is 443 g/mol. The number of benzene rings is 3. The summed E-state index contributed by atoms with van der Waals surface area (Å²) in [6, 6.07) is 26.2. The lowest BCUT2D eigenvalue weighted by Gasteiger charge is -2.35. The zero-order valence-corrected chi connectivity index (χ0v) is 18.3. The third kappa shape index (κ3) is 5.12. The van der Waals surface area contributed by atoms with E-state index in [2.05, 4.69) is 0 Å². The van der Waals surface area contributed by atoms with E-state index in [1.54, 1.807) is 37.3 Å². The molecule has 4 rings (SSSR count). The molecule has 3 aromatic carbocycles. The molecular formula is C27H25NO5. The fourth-order valence-electron chi connectivity index (χ4n) is 3.91. The maximum atomic E-state index is 13.4. The van der Waals surface area contributed by atoms with Gasteiger partial charge in [-0.3, -0.25) is 4.79 Å². The van der Waals surface area contributed by atoms with Crippen molar-refractivity contribution >= 4 is 18.0 Å². The van der Waals surface area contributed by atoms with Crippen molar-refractivity contribution in [1.82, 2.24) is 4.90 Å². The molecule has 1 heterocycles. The maximum Gasteiger partial charge on any atom is 0.422 e. The molecule has 6 nitrogen and oxygen atoms in total. The summed E-state index contributed by atoms with van der Waals surface area (Å²) in [5.74, 6) is -1.18. The van der Waals surface area contributed by atoms with Crippen LogP contribution in [0.5, 0.6) is 5.75 Å². The highest BCUT2D eigenvalue weighted by Crippen LogP contribution is 2.30. The second kappa shape index (κ2) is 10.1. The molecule has 33 heavy (non-hydrogen) atoms. The first-order valence-electron chi connectivity index (χ1n) is 10.9. The van der Waals surface area contributed by atoms with Crippen LogP contribution in [0.15, 0.2) is 91.0 Å². The van der Waals surface area contributed by atoms with Crippen molar-refractivity contribution in [3.05, 3.63) is 102 Å². The fraction of sp³-hybridized carbons (Fsp3) is 0.222. The van der Waals surface area contributed by atoms with Gasteiger partial charge in [0.25, 0.3) is 0 Å². The molecule has 0 spiro atoms. The Kier molecular flexibility index (Phi) is 6.83. The number of carbonyl (C=O) groups is 3. The number of para-hydroxylation sites is 1. The summed E-state index contributed by atoms with van der Waals surface area (Å²) in [4.78, 5) is 40.1. The topological polar surface area (TPSA) is 72.9 Å². The predicted molar refractivity (Wildman–Crippen MR) is 122 cm³/mol. The number of hydrogen-bond acceptors (Lipinski definition) is 5. The van der Waals surface area contributed by atoms with Gasteiger partial charge in [0, 0.05) is 5.92 Å². The van der Waals surface area contributed by atoms with Gasteiger partial charge in [-0.2, -0.15) is 0 Å². The summed E-state index contributed by atoms with van der Waals surface area (Å²) in [6.45, 7) is 1.74. The van der Waals surface area contributed by atoms with Gasteiger partial charge in [0.2, 0.25) is 5.91 Å². The van der Waals surface area contributed by atoms with Crippen LogP contribution in [-0.4, -0.2) is 28.9 Å². The number of esters is 1. The largest absolute Gasteiger partial charge is 0.451 e. The summed E-state index contributed by atoms with van der Waals surface area (Å²) >= 11 is 0. The van der Waals surface area contributed by atoms with Crippen LogP contribution in [0.1, 0.15) is 37.0 Å². The fourth-order valence-corrected chi connectivity index (χ4v) is 3.91. The second-order valence-electron chi connectivity index (χ2n) is 8.02. The van der Waals surface area contributed by atoms with Crippen LogP contribution in [-0.2, 0) is 14.3 Å². The number of likely N-dealkylation sites (tertiary alicyclic amines) is 1. The van der Waals surface area contributed by atoms with Crippen molar-refractivity contribution in [2.45, 2.75) is 31.9 Å². The summed E-state index contributed by atoms with van der Waals surface area (Å²) in [5, 5.41) is 0. The molecule has 0 unspecified atom stereocenters. The number of rotatable bonds is 5. The Bertz CT molecular complexity index is 1060. The quantitative estimate of drug-likeness (QED) is 0.510. The molecule has 0 radical (unpaired) electrons. The van der Waals surface area contributed by atoms with Crippen LogP contribution in [0.25, 0.3) is 0 Å². The van der Waals surface area contributed by atoms with E-state index in [0.29, 0.717) is 18.6 Å². The van der Waals surface area contributed by atoms with Crippen molar-refractivity contribution in [2.24, 2.45) is 5.92 Å². The molecule has 0 aliphatic carbocycles. The number of hydrogen-bond donors (Lipinski definition) is 0. The minimum absolute atomic E-state index is 0.298. The van der Waals surface area contributed by atoms with Gasteiger partial charge in [0.1, 0.15) is 11.8 Å². The maximum absolute atomic E-state index is 13.4. The zero-order valence-electron chi connectivity index (χ0n) is 18.3. The van der Waals surface area contributed by atoms with E-state index < -0.39 is 36.0 Å². The Morgan fingerprint density at radius 2 is 1.33 bits per heavy atom. The monoisotopic (exact) mass is 443 g/mol. The van der Waals surface area contributed by atoms with Gasteiger partial charge in [-0.05, 0) is 36.1 Å². The van der Waals surface area contributed by atoms with E-state index in [9.17, 15) is 14.4 Å². The molecule has 1 fully saturated rings. The molecule has 3 aromatic rings. The van der Waals surface area contributed by atoms with Gasteiger partial charge in [-0.1, -0.05) is 85.8 Å². The lowest BCUT2D eigenvalue weighted by molar-refractivity contribution is -0.160. The molecule has 1 aliphatic rings. The number of ether oxygens (including phenoxy) is 2. The van der Waals surface area contributed by atoms with Crippen LogP contribution < -0.4 is 4.74 Å². The van der Waals surface area contributed by atoms with Gasteiger partial charge in [0.05, 0.1) is 0 Å². The molecule has 6 heteroatoms. The summed E-state index contributed by atoms with van der Waals surface area (Å²) in [7, 11) is 0. The van der Waals surface area contributed by atoms with Crippen LogP contribution >= 0.6 is 0 Å². The molecule has 2 amide bonds. The van der Waals surface area contributed by atoms with Crippen molar-refractivity contribution < 1.29 is 23.9 Å². The number of nitrogens with zero attached hydrogens (tertiary/aromatic N) is 1. The van der Waals surface area contributed by atoms with Crippen LogP contribution in [0.3, 0.4) is 0 Å². The number of imide groups is 1. The molecule has 0 N–H and O–H groups in total. The molecule has 1 aliphatic heterocycles. The van der Waals surface area contributed by atoms with E-state index in [1.807, 2.05) is 60.7 Å². The molecular weight excluding hydrogens is 418 g/mol. The molecule has 2 atom stereocenters. The highest BCUT2D eigenvalue weighted by Gasteiger charge is 2.43. The van der Waals surface area contributed by atoms with Crippen LogP contribution in [0.2, 0.25) is 0 Å². The molecule has 0 saturated carbocycles. The zero-order chi connectivity index (χ0) is 23.2. The molecule has 0 bridgehead atoms. The van der Waals surface area contributed by atoms with Gasteiger partial charge in [-0.15, -0.1) is 0 Å². The average Bonchev–Trinajstić information content (AvgIpc) is 2.85. The van der Waals surface area contributed by atoms with Crippen LogP contribution in [0.4, 0.5) is 4.79 Å². The molecule has 0 aromatic heterocycles. The first kappa shape index (κ1) is 22.3. The summed E-state index contributed by atoms with van der Waals surface area (Å²) < 4.78 is 11.3. The summed E-state index contributed by atoms with van der Waals surface area (Å²) in [5.41, 5.74) is 1.59. The predicted octanol–water partition coefficient (Wildman–Crippen LogP) is 5.15. The third-order valence-corrected chi connectivity index (χ3v) is 5.70. The highest BCUT2D eigenvalue weighted by molar-refractivity contribution is 5.99. The second-order valence-corrected chi connectivity index (χ2v) is 8.02. The Morgan fingerprint density at radius 3 is 1.88 bits per heavy atom. The normalized spacial score (nSPS) is 18.1. The highest BCUT2D eigenvalue weighted by atomic mass is 16.6. The molecule has 1 saturated heterocycles. The van der Waals surface area contributed by atoms with Gasteiger partial charge in [0.15, 0.2) is 6.10 Å². The Morgan fingerprint density at radius 1 is 0.818 bits per heavy atom. The van der Waals surface area contributed by atoms with E-state index in [-0.39, 0.29) is 0 Å². The van der Waals surface area contributed by atoms with E-state index in [4.69, 9.17) is 9.47 Å². The first-order valence-corrected chi connectivity index (χ1v) is 10.9. The number of piperidine rings is 1. The number of amides is 2. The van der Waals surface area contributed by atoms with Crippen molar-refractivity contribution in [3.8, 4) is 5.75 Å². The van der Waals surface area contributed by atoms with Gasteiger partial charge < -0.3 is 9.47 Å². The van der Waals surface area contributed by atoms with Gasteiger partial charge in [-0.25, -0.2) is 14.5 Å². The van der Waals surface area contributed by atoms with Crippen molar-refractivity contribution in [3.63, 3.8) is 0 Å². The van der Waals surface area contributed by atoms with Crippen LogP contribution in [0, 0.1) is 5.92 Å². The minimum atomic E-state index is -1.06. The Balaban J connectivity index is 1.59. The standard InChI is InChI=1S/C27H25NO5/c1-19-17-18-23(28(25(19)29)27(31)32-22-15-9-4-10-16-22)26(30)33-24(20-11-5-2-6-12-20)21-13-7-3-8-14-21/h2-16,19,23-24H,17-18H2,1H3/t19-,23-/m0/s1. The first-order chi connectivity index (χ1) is 16.0. The SMILES string of the molecule is C[C@H]1CC[C@@H](C(=O)OC(c2ccccc2)c2ccccc2)N(C(=O)Oc2ccccc2)C1=O. The number of carbonyl (C=O) groups excluding carboxylic acids is 3. The summed E-state index contributed by atoms with van der Waals surface area (Å²) in [6.07, 6.45) is -0.752. The van der Waals surface area contributed by atoms with Crippen molar-refractivity contribution in [2.75, 3.05) is 0 Å². The van der Waals surface area contributed by atoms with Crippen molar-refractivity contribution in [1.29, 1.82) is 0 Å². The third-order valence-electron chi connectivity index (χ3n) is 5.70. The molecule has 168 valence electrons. The van der Waals surface area contributed by atoms with Gasteiger partial charge >= 0.3 is 12.1 Å². The van der Waals surface area contributed by atoms with E-state index in [0.717, 1.165) is 16.0 Å². The lowest BCUT2D eigenvalue weighted by atomic mass is 9.93.